The van der Waals surface area contributed by atoms with Gasteiger partial charge in [-0.25, -0.2) is 8.78 Å². The number of aryl methyl sites for hydroxylation is 1. The molecule has 0 spiro atoms. The molecule has 108 valence electrons. The van der Waals surface area contributed by atoms with Gasteiger partial charge in [0, 0.05) is 6.42 Å². The van der Waals surface area contributed by atoms with Crippen molar-refractivity contribution in [3.05, 3.63) is 59.1 Å². The SMILES string of the molecule is CCNC(Cc1cc(F)ccc1F)c1ccc(CC)o1. The van der Waals surface area contributed by atoms with Crippen LogP contribution >= 0.6 is 0 Å². The van der Waals surface area contributed by atoms with E-state index in [2.05, 4.69) is 5.32 Å². The lowest BCUT2D eigenvalue weighted by Crippen LogP contribution is -2.23. The number of halogens is 2. The van der Waals surface area contributed by atoms with Crippen molar-refractivity contribution in [1.29, 1.82) is 0 Å². The maximum absolute atomic E-state index is 13.7. The van der Waals surface area contributed by atoms with Crippen LogP contribution in [0.1, 0.15) is 37.0 Å². The third-order valence-corrected chi connectivity index (χ3v) is 3.26. The van der Waals surface area contributed by atoms with Crippen molar-refractivity contribution in [2.24, 2.45) is 0 Å². The molecule has 2 aromatic rings. The van der Waals surface area contributed by atoms with E-state index < -0.39 is 11.6 Å². The lowest BCUT2D eigenvalue weighted by atomic mass is 10.0. The van der Waals surface area contributed by atoms with Gasteiger partial charge in [-0.15, -0.1) is 0 Å². The molecule has 0 fully saturated rings. The summed E-state index contributed by atoms with van der Waals surface area (Å²) < 4.78 is 32.7. The molecule has 1 heterocycles. The average Bonchev–Trinajstić information content (AvgIpc) is 2.91. The van der Waals surface area contributed by atoms with E-state index in [0.29, 0.717) is 12.0 Å². The van der Waals surface area contributed by atoms with Crippen LogP contribution in [0, 0.1) is 11.6 Å². The second-order valence-electron chi connectivity index (χ2n) is 4.71. The first-order chi connectivity index (χ1) is 9.63. The highest BCUT2D eigenvalue weighted by atomic mass is 19.1. The Morgan fingerprint density at radius 2 is 1.95 bits per heavy atom. The van der Waals surface area contributed by atoms with Gasteiger partial charge in [-0.2, -0.15) is 0 Å². The van der Waals surface area contributed by atoms with Crippen LogP contribution in [0.4, 0.5) is 8.78 Å². The van der Waals surface area contributed by atoms with Gasteiger partial charge >= 0.3 is 0 Å². The van der Waals surface area contributed by atoms with Gasteiger partial charge in [0.1, 0.15) is 23.2 Å². The molecular weight excluding hydrogens is 260 g/mol. The Balaban J connectivity index is 2.22. The van der Waals surface area contributed by atoms with Gasteiger partial charge in [-0.3, -0.25) is 0 Å². The molecule has 0 bridgehead atoms. The maximum atomic E-state index is 13.7. The van der Waals surface area contributed by atoms with E-state index in [4.69, 9.17) is 4.42 Å². The third-order valence-electron chi connectivity index (χ3n) is 3.26. The van der Waals surface area contributed by atoms with E-state index in [1.807, 2.05) is 26.0 Å². The molecule has 20 heavy (non-hydrogen) atoms. The lowest BCUT2D eigenvalue weighted by Gasteiger charge is -2.16. The normalized spacial score (nSPS) is 12.6. The fourth-order valence-corrected chi connectivity index (χ4v) is 2.21. The zero-order chi connectivity index (χ0) is 14.5. The van der Waals surface area contributed by atoms with E-state index >= 15 is 0 Å². The van der Waals surface area contributed by atoms with E-state index in [0.717, 1.165) is 36.6 Å². The first-order valence-electron chi connectivity index (χ1n) is 6.90. The van der Waals surface area contributed by atoms with Crippen molar-refractivity contribution in [1.82, 2.24) is 5.32 Å². The third kappa shape index (κ3) is 3.45. The summed E-state index contributed by atoms with van der Waals surface area (Å²) >= 11 is 0. The largest absolute Gasteiger partial charge is 0.464 e. The maximum Gasteiger partial charge on any atom is 0.126 e. The molecule has 0 aliphatic heterocycles. The van der Waals surface area contributed by atoms with E-state index in [-0.39, 0.29) is 6.04 Å². The van der Waals surface area contributed by atoms with Gasteiger partial charge in [-0.05, 0) is 48.9 Å². The monoisotopic (exact) mass is 279 g/mol. The Morgan fingerprint density at radius 1 is 1.15 bits per heavy atom. The van der Waals surface area contributed by atoms with Crippen LogP contribution in [0.3, 0.4) is 0 Å². The van der Waals surface area contributed by atoms with Crippen molar-refractivity contribution in [2.45, 2.75) is 32.7 Å². The Hall–Kier alpha value is -1.68. The average molecular weight is 279 g/mol. The number of benzene rings is 1. The van der Waals surface area contributed by atoms with Crippen LogP contribution in [0.2, 0.25) is 0 Å². The van der Waals surface area contributed by atoms with Crippen molar-refractivity contribution in [3.63, 3.8) is 0 Å². The predicted molar refractivity (Wildman–Crippen MR) is 74.6 cm³/mol. The fraction of sp³-hybridized carbons (Fsp3) is 0.375. The number of likely N-dealkylation sites (N-methyl/N-ethyl adjacent to an activating group) is 1. The van der Waals surface area contributed by atoms with Gasteiger partial charge in [0.25, 0.3) is 0 Å². The summed E-state index contributed by atoms with van der Waals surface area (Å²) in [4.78, 5) is 0. The van der Waals surface area contributed by atoms with Crippen molar-refractivity contribution >= 4 is 0 Å². The minimum absolute atomic E-state index is 0.156. The molecule has 1 N–H and O–H groups in total. The number of nitrogens with one attached hydrogen (secondary N) is 1. The summed E-state index contributed by atoms with van der Waals surface area (Å²) in [5.74, 6) is 0.830. The minimum atomic E-state index is -0.426. The summed E-state index contributed by atoms with van der Waals surface area (Å²) in [6, 6.07) is 7.18. The Bertz CT molecular complexity index is 565. The van der Waals surface area contributed by atoms with Gasteiger partial charge < -0.3 is 9.73 Å². The first-order valence-corrected chi connectivity index (χ1v) is 6.90. The zero-order valence-corrected chi connectivity index (χ0v) is 11.7. The van der Waals surface area contributed by atoms with Crippen molar-refractivity contribution < 1.29 is 13.2 Å². The highest BCUT2D eigenvalue weighted by Gasteiger charge is 2.17. The van der Waals surface area contributed by atoms with Crippen molar-refractivity contribution in [3.8, 4) is 0 Å². The summed E-state index contributed by atoms with van der Waals surface area (Å²) in [6.07, 6.45) is 1.17. The smallest absolute Gasteiger partial charge is 0.126 e. The van der Waals surface area contributed by atoms with E-state index in [9.17, 15) is 8.78 Å². The van der Waals surface area contributed by atoms with Gasteiger partial charge in [0.05, 0.1) is 6.04 Å². The molecular formula is C16H19F2NO. The van der Waals surface area contributed by atoms with Gasteiger partial charge in [-0.1, -0.05) is 13.8 Å². The topological polar surface area (TPSA) is 25.2 Å². The number of hydrogen-bond donors (Lipinski definition) is 1. The molecule has 0 aliphatic rings. The number of rotatable bonds is 6. The molecule has 2 rings (SSSR count). The molecule has 1 unspecified atom stereocenters. The number of furan rings is 1. The molecule has 4 heteroatoms. The molecule has 1 aromatic carbocycles. The predicted octanol–water partition coefficient (Wildman–Crippen LogP) is 4.01. The van der Waals surface area contributed by atoms with Crippen LogP contribution in [0.25, 0.3) is 0 Å². The summed E-state index contributed by atoms with van der Waals surface area (Å²) in [6.45, 7) is 4.71. The number of hydrogen-bond acceptors (Lipinski definition) is 2. The highest BCUT2D eigenvalue weighted by molar-refractivity contribution is 5.22. The van der Waals surface area contributed by atoms with Gasteiger partial charge in [0.2, 0.25) is 0 Å². The molecule has 1 aromatic heterocycles. The molecule has 2 nitrogen and oxygen atoms in total. The Kier molecular flexibility index (Phi) is 4.90. The van der Waals surface area contributed by atoms with Crippen LogP contribution in [0.15, 0.2) is 34.7 Å². The summed E-state index contributed by atoms with van der Waals surface area (Å²) in [5, 5.41) is 3.25. The zero-order valence-electron chi connectivity index (χ0n) is 11.7. The molecule has 0 amide bonds. The van der Waals surface area contributed by atoms with E-state index in [1.165, 1.54) is 6.07 Å². The van der Waals surface area contributed by atoms with Crippen LogP contribution in [-0.2, 0) is 12.8 Å². The molecule has 0 radical (unpaired) electrons. The van der Waals surface area contributed by atoms with Gasteiger partial charge in [0.15, 0.2) is 0 Å². The first kappa shape index (κ1) is 14.7. The Labute approximate surface area is 117 Å². The molecule has 0 aliphatic carbocycles. The highest BCUT2D eigenvalue weighted by Crippen LogP contribution is 2.23. The second kappa shape index (κ2) is 6.66. The quantitative estimate of drug-likeness (QED) is 0.864. The van der Waals surface area contributed by atoms with Crippen LogP contribution in [-0.4, -0.2) is 6.54 Å². The summed E-state index contributed by atoms with van der Waals surface area (Å²) in [7, 11) is 0. The van der Waals surface area contributed by atoms with E-state index in [1.54, 1.807) is 0 Å². The fourth-order valence-electron chi connectivity index (χ4n) is 2.21. The van der Waals surface area contributed by atoms with Crippen molar-refractivity contribution in [2.75, 3.05) is 6.54 Å². The van der Waals surface area contributed by atoms with Crippen LogP contribution in [0.5, 0.6) is 0 Å². The lowest BCUT2D eigenvalue weighted by molar-refractivity contribution is 0.393. The Morgan fingerprint density at radius 3 is 2.60 bits per heavy atom. The summed E-state index contributed by atoms with van der Waals surface area (Å²) in [5.41, 5.74) is 0.352. The molecule has 0 saturated heterocycles. The standard InChI is InChI=1S/C16H19F2NO/c1-3-13-6-8-16(20-13)15(19-4-2)10-11-9-12(17)5-7-14(11)18/h5-9,15,19H,3-4,10H2,1-2H3. The minimum Gasteiger partial charge on any atom is -0.464 e. The molecule has 1 atom stereocenters. The van der Waals surface area contributed by atoms with Crippen LogP contribution < -0.4 is 5.32 Å². The molecule has 0 saturated carbocycles. The second-order valence-corrected chi connectivity index (χ2v) is 4.71.